The van der Waals surface area contributed by atoms with Crippen LogP contribution in [0.25, 0.3) is 0 Å². The van der Waals surface area contributed by atoms with Gasteiger partial charge in [-0.15, -0.1) is 5.10 Å². The third kappa shape index (κ3) is 4.14. The van der Waals surface area contributed by atoms with E-state index in [1.807, 2.05) is 0 Å². The number of carbonyl (C=O) groups excluding carboxylic acids is 1. The average molecular weight is 358 g/mol. The van der Waals surface area contributed by atoms with Gasteiger partial charge in [-0.2, -0.15) is 5.10 Å². The number of hydrogen-bond donors (Lipinski definition) is 3. The van der Waals surface area contributed by atoms with E-state index in [-0.39, 0.29) is 28.1 Å². The molecule has 0 saturated carbocycles. The normalized spacial score (nSPS) is 19.3. The van der Waals surface area contributed by atoms with Crippen LogP contribution in [-0.2, 0) is 9.59 Å². The minimum atomic E-state index is -1.07. The topological polar surface area (TPSA) is 121 Å². The molecule has 23 heavy (non-hydrogen) atoms. The summed E-state index contributed by atoms with van der Waals surface area (Å²) in [4.78, 5) is 22.1. The summed E-state index contributed by atoms with van der Waals surface area (Å²) >= 11 is 6.95. The van der Waals surface area contributed by atoms with Gasteiger partial charge < -0.3 is 20.3 Å². The highest BCUT2D eigenvalue weighted by molar-refractivity contribution is 8.15. The summed E-state index contributed by atoms with van der Waals surface area (Å²) in [5.41, 5.74) is 0.408. The van der Waals surface area contributed by atoms with Gasteiger partial charge in [0.2, 0.25) is 5.91 Å². The summed E-state index contributed by atoms with van der Waals surface area (Å²) in [5.74, 6) is -1.47. The van der Waals surface area contributed by atoms with Crippen LogP contribution < -0.4 is 10.1 Å². The number of amides is 1. The molecule has 0 aliphatic carbocycles. The Kier molecular flexibility index (Phi) is 5.45. The van der Waals surface area contributed by atoms with E-state index in [2.05, 4.69) is 15.5 Å². The summed E-state index contributed by atoms with van der Waals surface area (Å²) in [6.07, 6.45) is 1.00. The smallest absolute Gasteiger partial charge is 0.305 e. The standard InChI is InChI=1S/C13H12ClN3O5S/c1-22-7-3-2-6(10(14)11(7)20)5-15-17-13-16-12(21)8(23-13)4-9(18)19/h2-3,5,8,20H,4H2,1H3,(H,18,19)(H,16,17,21). The number of phenolic OH excluding ortho intramolecular Hbond substituents is 1. The first-order valence-electron chi connectivity index (χ1n) is 6.28. The number of amidine groups is 1. The monoisotopic (exact) mass is 357 g/mol. The maximum absolute atomic E-state index is 11.5. The predicted octanol–water partition coefficient (Wildman–Crippen LogP) is 1.45. The van der Waals surface area contributed by atoms with Crippen LogP contribution in [0.2, 0.25) is 5.02 Å². The second-order valence-corrected chi connectivity index (χ2v) is 5.93. The van der Waals surface area contributed by atoms with Crippen LogP contribution in [0.1, 0.15) is 12.0 Å². The molecule has 1 aliphatic rings. The van der Waals surface area contributed by atoms with Gasteiger partial charge in [0.05, 0.1) is 24.8 Å². The molecule has 1 aliphatic heterocycles. The summed E-state index contributed by atoms with van der Waals surface area (Å²) in [6.45, 7) is 0. The number of rotatable bonds is 5. The van der Waals surface area contributed by atoms with Crippen LogP contribution in [0.4, 0.5) is 0 Å². The molecule has 3 N–H and O–H groups in total. The lowest BCUT2D eigenvalue weighted by Crippen LogP contribution is -2.26. The van der Waals surface area contributed by atoms with Crippen molar-refractivity contribution >= 4 is 46.6 Å². The summed E-state index contributed by atoms with van der Waals surface area (Å²) in [7, 11) is 1.40. The molecule has 1 atom stereocenters. The molecule has 10 heteroatoms. The van der Waals surface area contributed by atoms with Crippen LogP contribution in [0.5, 0.6) is 11.5 Å². The van der Waals surface area contributed by atoms with Gasteiger partial charge in [0.1, 0.15) is 5.25 Å². The zero-order valence-corrected chi connectivity index (χ0v) is 13.4. The first-order valence-corrected chi connectivity index (χ1v) is 7.54. The Balaban J connectivity index is 2.09. The minimum absolute atomic E-state index is 0.0557. The molecule has 0 aromatic heterocycles. The van der Waals surface area contributed by atoms with Gasteiger partial charge in [-0.25, -0.2) is 0 Å². The van der Waals surface area contributed by atoms with E-state index in [1.165, 1.54) is 19.4 Å². The number of thioether (sulfide) groups is 1. The van der Waals surface area contributed by atoms with E-state index < -0.39 is 17.1 Å². The molecule has 1 aromatic carbocycles. The van der Waals surface area contributed by atoms with Crippen molar-refractivity contribution in [3.63, 3.8) is 0 Å². The van der Waals surface area contributed by atoms with Crippen molar-refractivity contribution < 1.29 is 24.5 Å². The number of nitrogens with zero attached hydrogens (tertiary/aromatic N) is 2. The predicted molar refractivity (Wildman–Crippen MR) is 86.5 cm³/mol. The summed E-state index contributed by atoms with van der Waals surface area (Å²) in [6, 6.07) is 3.10. The summed E-state index contributed by atoms with van der Waals surface area (Å²) in [5, 5.41) is 28.0. The number of carboxylic acids is 1. The van der Waals surface area contributed by atoms with Crippen LogP contribution in [0.15, 0.2) is 22.3 Å². The molecule has 0 spiro atoms. The zero-order valence-electron chi connectivity index (χ0n) is 11.8. The van der Waals surface area contributed by atoms with Crippen LogP contribution in [0.3, 0.4) is 0 Å². The molecule has 1 amide bonds. The van der Waals surface area contributed by atoms with E-state index in [9.17, 15) is 14.7 Å². The van der Waals surface area contributed by atoms with E-state index in [0.29, 0.717) is 5.56 Å². The first-order chi connectivity index (χ1) is 10.9. The number of carbonyl (C=O) groups is 2. The number of carboxylic acid groups (broad SMARTS) is 1. The lowest BCUT2D eigenvalue weighted by atomic mass is 10.2. The fourth-order valence-electron chi connectivity index (χ4n) is 1.72. The van der Waals surface area contributed by atoms with E-state index >= 15 is 0 Å². The van der Waals surface area contributed by atoms with Gasteiger partial charge in [-0.05, 0) is 12.1 Å². The molecule has 1 fully saturated rings. The molecule has 1 unspecified atom stereocenters. The number of aromatic hydroxyl groups is 1. The Morgan fingerprint density at radius 1 is 1.57 bits per heavy atom. The lowest BCUT2D eigenvalue weighted by molar-refractivity contribution is -0.138. The number of ether oxygens (including phenoxy) is 1. The number of benzene rings is 1. The number of phenols is 1. The molecule has 0 radical (unpaired) electrons. The molecule has 1 aromatic rings. The van der Waals surface area contributed by atoms with Crippen LogP contribution in [0, 0.1) is 0 Å². The Labute approximate surface area is 140 Å². The molecule has 1 heterocycles. The van der Waals surface area contributed by atoms with Crippen molar-refractivity contribution in [2.45, 2.75) is 11.7 Å². The second kappa shape index (κ2) is 7.34. The van der Waals surface area contributed by atoms with Crippen molar-refractivity contribution in [2.75, 3.05) is 7.11 Å². The SMILES string of the molecule is COc1ccc(C=NN=C2NC(=O)C(CC(=O)O)S2)c(Cl)c1O. The lowest BCUT2D eigenvalue weighted by Gasteiger charge is -2.06. The molecule has 1 saturated heterocycles. The van der Waals surface area contributed by atoms with Crippen molar-refractivity contribution in [2.24, 2.45) is 10.2 Å². The number of halogens is 1. The molecular weight excluding hydrogens is 346 g/mol. The summed E-state index contributed by atoms with van der Waals surface area (Å²) < 4.78 is 4.92. The third-order valence-corrected chi connectivity index (χ3v) is 4.28. The van der Waals surface area contributed by atoms with Gasteiger partial charge in [-0.3, -0.25) is 9.59 Å². The van der Waals surface area contributed by atoms with Crippen molar-refractivity contribution in [3.8, 4) is 11.5 Å². The van der Waals surface area contributed by atoms with Crippen molar-refractivity contribution in [1.82, 2.24) is 5.32 Å². The Hall–Kier alpha value is -2.26. The highest BCUT2D eigenvalue weighted by Crippen LogP contribution is 2.35. The quantitative estimate of drug-likeness (QED) is 0.541. The highest BCUT2D eigenvalue weighted by atomic mass is 35.5. The number of hydrogen-bond acceptors (Lipinski definition) is 7. The van der Waals surface area contributed by atoms with Gasteiger partial charge in [0.25, 0.3) is 0 Å². The van der Waals surface area contributed by atoms with E-state index in [0.717, 1.165) is 11.8 Å². The number of methoxy groups -OCH3 is 1. The van der Waals surface area contributed by atoms with Crippen molar-refractivity contribution in [3.05, 3.63) is 22.7 Å². The molecule has 0 bridgehead atoms. The molecule has 2 rings (SSSR count). The fourth-order valence-corrected chi connectivity index (χ4v) is 2.84. The molecular formula is C13H12ClN3O5S. The van der Waals surface area contributed by atoms with E-state index in [1.54, 1.807) is 6.07 Å². The maximum atomic E-state index is 11.5. The van der Waals surface area contributed by atoms with Crippen LogP contribution >= 0.6 is 23.4 Å². The first kappa shape index (κ1) is 17.1. The molecule has 122 valence electrons. The Bertz CT molecular complexity index is 707. The Morgan fingerprint density at radius 2 is 2.30 bits per heavy atom. The van der Waals surface area contributed by atoms with Gasteiger partial charge in [-0.1, -0.05) is 23.4 Å². The zero-order chi connectivity index (χ0) is 17.0. The van der Waals surface area contributed by atoms with Crippen molar-refractivity contribution in [1.29, 1.82) is 0 Å². The van der Waals surface area contributed by atoms with Gasteiger partial charge >= 0.3 is 5.97 Å². The number of nitrogens with one attached hydrogen (secondary N) is 1. The Morgan fingerprint density at radius 3 is 2.96 bits per heavy atom. The largest absolute Gasteiger partial charge is 0.503 e. The number of aliphatic carboxylic acids is 1. The average Bonchev–Trinajstić information content (AvgIpc) is 2.83. The highest BCUT2D eigenvalue weighted by Gasteiger charge is 2.32. The third-order valence-electron chi connectivity index (χ3n) is 2.81. The van der Waals surface area contributed by atoms with Gasteiger partial charge in [0.15, 0.2) is 16.7 Å². The fraction of sp³-hybridized carbons (Fsp3) is 0.231. The minimum Gasteiger partial charge on any atom is -0.503 e. The van der Waals surface area contributed by atoms with Gasteiger partial charge in [0, 0.05) is 5.56 Å². The molecule has 8 nitrogen and oxygen atoms in total. The second-order valence-electron chi connectivity index (χ2n) is 4.36. The van der Waals surface area contributed by atoms with Crippen LogP contribution in [-0.4, -0.2) is 45.8 Å². The van der Waals surface area contributed by atoms with E-state index in [4.69, 9.17) is 21.4 Å². The maximum Gasteiger partial charge on any atom is 0.305 e.